The zero-order valence-electron chi connectivity index (χ0n) is 15.1. The minimum absolute atomic E-state index is 0.131. The number of rotatable bonds is 4. The lowest BCUT2D eigenvalue weighted by molar-refractivity contribution is 0.0520. The number of alkyl carbamates (subject to hydrolysis) is 1. The molecule has 0 aromatic heterocycles. The molecule has 1 heterocycles. The van der Waals surface area contributed by atoms with Gasteiger partial charge in [0.1, 0.15) is 11.4 Å². The maximum Gasteiger partial charge on any atom is 0.407 e. The molecule has 1 aliphatic heterocycles. The van der Waals surface area contributed by atoms with Gasteiger partial charge in [-0.3, -0.25) is 0 Å². The lowest BCUT2D eigenvalue weighted by atomic mass is 9.85. The Hall–Kier alpha value is -1.17. The summed E-state index contributed by atoms with van der Waals surface area (Å²) in [5.41, 5.74) is 0.439. The summed E-state index contributed by atoms with van der Waals surface area (Å²) in [5, 5.41) is 7.32. The Morgan fingerprint density at radius 1 is 1.36 bits per heavy atom. The van der Waals surface area contributed by atoms with Gasteiger partial charge in [-0.15, -0.1) is 0 Å². The monoisotopic (exact) mass is 388 g/mol. The van der Waals surface area contributed by atoms with Crippen molar-refractivity contribution in [2.45, 2.75) is 51.2 Å². The highest BCUT2D eigenvalue weighted by Crippen LogP contribution is 2.42. The van der Waals surface area contributed by atoms with Crippen molar-refractivity contribution in [2.24, 2.45) is 0 Å². The lowest BCUT2D eigenvalue weighted by Crippen LogP contribution is -2.46. The van der Waals surface area contributed by atoms with Gasteiger partial charge in [0.05, 0.1) is 17.2 Å². The van der Waals surface area contributed by atoms with Crippen LogP contribution in [0.25, 0.3) is 0 Å². The molecule has 25 heavy (non-hydrogen) atoms. The molecule has 1 fully saturated rings. The van der Waals surface area contributed by atoms with Crippen molar-refractivity contribution >= 4 is 29.3 Å². The summed E-state index contributed by atoms with van der Waals surface area (Å²) in [6.07, 6.45) is 1.35. The molecule has 5 nitrogen and oxygen atoms in total. The number of carbonyl (C=O) groups is 1. The van der Waals surface area contributed by atoms with Crippen LogP contribution < -0.4 is 15.4 Å². The maximum atomic E-state index is 11.8. The van der Waals surface area contributed by atoms with Crippen LogP contribution in [-0.2, 0) is 4.74 Å². The Morgan fingerprint density at radius 2 is 2.08 bits per heavy atom. The Labute approximate surface area is 159 Å². The minimum Gasteiger partial charge on any atom is -0.496 e. The standard InChI is InChI=1S/C18H26Cl2N2O3/c1-18(2,3)25-17(23)22-10-12-9-11(7-8-21-12)15-14(24-4)6-5-13(19)16(15)20/h5-6,11-12,21H,7-10H2,1-4H3,(H,22,23). The van der Waals surface area contributed by atoms with Crippen LogP contribution in [0.5, 0.6) is 5.75 Å². The molecular formula is C18H26Cl2N2O3. The molecule has 7 heteroatoms. The molecule has 2 unspecified atom stereocenters. The number of nitrogens with one attached hydrogen (secondary N) is 2. The number of halogens is 2. The summed E-state index contributed by atoms with van der Waals surface area (Å²) in [5.74, 6) is 0.966. The van der Waals surface area contributed by atoms with Gasteiger partial charge < -0.3 is 20.1 Å². The van der Waals surface area contributed by atoms with E-state index in [4.69, 9.17) is 32.7 Å². The number of piperidine rings is 1. The lowest BCUT2D eigenvalue weighted by Gasteiger charge is -2.32. The highest BCUT2D eigenvalue weighted by atomic mass is 35.5. The van der Waals surface area contributed by atoms with Crippen LogP contribution in [0.3, 0.4) is 0 Å². The molecule has 1 aromatic carbocycles. The molecular weight excluding hydrogens is 363 g/mol. The van der Waals surface area contributed by atoms with Gasteiger partial charge in [-0.05, 0) is 58.2 Å². The van der Waals surface area contributed by atoms with Crippen molar-refractivity contribution in [3.8, 4) is 5.75 Å². The highest BCUT2D eigenvalue weighted by molar-refractivity contribution is 6.42. The average Bonchev–Trinajstić information content (AvgIpc) is 2.54. The average molecular weight is 389 g/mol. The topological polar surface area (TPSA) is 59.6 Å². The summed E-state index contributed by atoms with van der Waals surface area (Å²) < 4.78 is 10.7. The van der Waals surface area contributed by atoms with E-state index < -0.39 is 11.7 Å². The molecule has 2 atom stereocenters. The van der Waals surface area contributed by atoms with E-state index in [0.717, 1.165) is 30.7 Å². The second kappa shape index (κ2) is 8.47. The second-order valence-electron chi connectivity index (χ2n) is 7.23. The first-order valence-electron chi connectivity index (χ1n) is 8.43. The largest absolute Gasteiger partial charge is 0.496 e. The summed E-state index contributed by atoms with van der Waals surface area (Å²) in [6, 6.07) is 3.72. The van der Waals surface area contributed by atoms with Gasteiger partial charge in [-0.1, -0.05) is 23.2 Å². The maximum absolute atomic E-state index is 11.8. The number of hydrogen-bond acceptors (Lipinski definition) is 4. The Balaban J connectivity index is 2.02. The number of hydrogen-bond donors (Lipinski definition) is 2. The predicted octanol–water partition coefficient (Wildman–Crippen LogP) is 4.36. The minimum atomic E-state index is -0.506. The quantitative estimate of drug-likeness (QED) is 0.803. The zero-order valence-corrected chi connectivity index (χ0v) is 16.6. The molecule has 0 saturated carbocycles. The Morgan fingerprint density at radius 3 is 2.72 bits per heavy atom. The van der Waals surface area contributed by atoms with Gasteiger partial charge in [0, 0.05) is 18.2 Å². The first kappa shape index (κ1) is 20.1. The van der Waals surface area contributed by atoms with E-state index in [-0.39, 0.29) is 12.0 Å². The second-order valence-corrected chi connectivity index (χ2v) is 8.02. The van der Waals surface area contributed by atoms with Crippen LogP contribution in [0.1, 0.15) is 45.1 Å². The number of methoxy groups -OCH3 is 1. The van der Waals surface area contributed by atoms with Crippen LogP contribution in [-0.4, -0.2) is 37.9 Å². The summed E-state index contributed by atoms with van der Waals surface area (Å²) in [6.45, 7) is 6.85. The van der Waals surface area contributed by atoms with E-state index in [9.17, 15) is 4.79 Å². The summed E-state index contributed by atoms with van der Waals surface area (Å²) >= 11 is 12.6. The van der Waals surface area contributed by atoms with E-state index >= 15 is 0 Å². The number of carbonyl (C=O) groups excluding carboxylic acids is 1. The van der Waals surface area contributed by atoms with Crippen LogP contribution in [0.4, 0.5) is 4.79 Å². The fourth-order valence-corrected chi connectivity index (χ4v) is 3.53. The van der Waals surface area contributed by atoms with Gasteiger partial charge in [0.2, 0.25) is 0 Å². The zero-order chi connectivity index (χ0) is 18.6. The third kappa shape index (κ3) is 5.66. The molecule has 140 valence electrons. The van der Waals surface area contributed by atoms with Crippen LogP contribution in [0.15, 0.2) is 12.1 Å². The Kier molecular flexibility index (Phi) is 6.83. The van der Waals surface area contributed by atoms with E-state index in [1.807, 2.05) is 26.8 Å². The van der Waals surface area contributed by atoms with Gasteiger partial charge in [-0.25, -0.2) is 4.79 Å². The molecule has 1 amide bonds. The molecule has 0 spiro atoms. The molecule has 1 aliphatic rings. The molecule has 2 N–H and O–H groups in total. The van der Waals surface area contributed by atoms with E-state index in [2.05, 4.69) is 10.6 Å². The molecule has 1 aromatic rings. The van der Waals surface area contributed by atoms with E-state index in [0.29, 0.717) is 16.6 Å². The summed E-state index contributed by atoms with van der Waals surface area (Å²) in [4.78, 5) is 11.8. The van der Waals surface area contributed by atoms with E-state index in [1.54, 1.807) is 13.2 Å². The molecule has 0 radical (unpaired) electrons. The third-order valence-corrected chi connectivity index (χ3v) is 4.93. The molecule has 0 aliphatic carbocycles. The first-order valence-corrected chi connectivity index (χ1v) is 9.19. The normalized spacial score (nSPS) is 20.9. The summed E-state index contributed by atoms with van der Waals surface area (Å²) in [7, 11) is 1.63. The fourth-order valence-electron chi connectivity index (χ4n) is 3.05. The SMILES string of the molecule is COc1ccc(Cl)c(Cl)c1C1CCNC(CNC(=O)OC(C)(C)C)C1. The van der Waals surface area contributed by atoms with Crippen molar-refractivity contribution in [1.29, 1.82) is 0 Å². The first-order chi connectivity index (χ1) is 11.7. The number of amides is 1. The van der Waals surface area contributed by atoms with Crippen molar-refractivity contribution in [3.63, 3.8) is 0 Å². The van der Waals surface area contributed by atoms with Gasteiger partial charge in [-0.2, -0.15) is 0 Å². The number of ether oxygens (including phenoxy) is 2. The van der Waals surface area contributed by atoms with Crippen LogP contribution >= 0.6 is 23.2 Å². The Bertz CT molecular complexity index is 617. The van der Waals surface area contributed by atoms with Gasteiger partial charge in [0.25, 0.3) is 0 Å². The van der Waals surface area contributed by atoms with Crippen LogP contribution in [0, 0.1) is 0 Å². The predicted molar refractivity (Wildman–Crippen MR) is 101 cm³/mol. The highest BCUT2D eigenvalue weighted by Gasteiger charge is 2.28. The molecule has 1 saturated heterocycles. The van der Waals surface area contributed by atoms with Crippen molar-refractivity contribution in [2.75, 3.05) is 20.2 Å². The number of benzene rings is 1. The van der Waals surface area contributed by atoms with Gasteiger partial charge >= 0.3 is 6.09 Å². The molecule has 0 bridgehead atoms. The van der Waals surface area contributed by atoms with Gasteiger partial charge in [0.15, 0.2) is 0 Å². The van der Waals surface area contributed by atoms with Crippen molar-refractivity contribution in [1.82, 2.24) is 10.6 Å². The van der Waals surface area contributed by atoms with Crippen molar-refractivity contribution in [3.05, 3.63) is 27.7 Å². The fraction of sp³-hybridized carbons (Fsp3) is 0.611. The third-order valence-electron chi connectivity index (χ3n) is 4.11. The van der Waals surface area contributed by atoms with E-state index in [1.165, 1.54) is 0 Å². The molecule has 2 rings (SSSR count). The van der Waals surface area contributed by atoms with Crippen LogP contribution in [0.2, 0.25) is 10.0 Å². The smallest absolute Gasteiger partial charge is 0.407 e. The van der Waals surface area contributed by atoms with Crippen molar-refractivity contribution < 1.29 is 14.3 Å².